The average molecular weight is 688 g/mol. The number of piperidine rings is 2. The zero-order valence-electron chi connectivity index (χ0n) is 29.3. The van der Waals surface area contributed by atoms with Crippen molar-refractivity contribution in [2.45, 2.75) is 63.7 Å². The number of hydrogen-bond donors (Lipinski definition) is 3. The molecule has 3 N–H and O–H groups in total. The molecule has 2 amide bonds. The van der Waals surface area contributed by atoms with Crippen molar-refractivity contribution < 1.29 is 19.1 Å². The summed E-state index contributed by atoms with van der Waals surface area (Å²) in [5, 5.41) is 3.72. The summed E-state index contributed by atoms with van der Waals surface area (Å²) in [6.07, 6.45) is 8.16. The van der Waals surface area contributed by atoms with Gasteiger partial charge < -0.3 is 29.7 Å². The highest BCUT2D eigenvalue weighted by Crippen LogP contribution is 2.58. The second-order valence-corrected chi connectivity index (χ2v) is 15.3. The van der Waals surface area contributed by atoms with Gasteiger partial charge in [0.05, 0.1) is 48.9 Å². The predicted octanol–water partition coefficient (Wildman–Crippen LogP) is 6.59. The molecule has 2 aromatic heterocycles. The number of aromatic nitrogens is 4. The number of ether oxygens (including phenoxy) is 2. The third-order valence-corrected chi connectivity index (χ3v) is 12.5. The fourth-order valence-electron chi connectivity index (χ4n) is 9.23. The maximum absolute atomic E-state index is 14.3. The van der Waals surface area contributed by atoms with Crippen LogP contribution in [0.5, 0.6) is 0 Å². The van der Waals surface area contributed by atoms with Crippen molar-refractivity contribution in [3.63, 3.8) is 0 Å². The molecule has 51 heavy (non-hydrogen) atoms. The Morgan fingerprint density at radius 2 is 1.47 bits per heavy atom. The summed E-state index contributed by atoms with van der Waals surface area (Å²) in [5.74, 6) is 3.87. The highest BCUT2D eigenvalue weighted by molar-refractivity contribution is 5.97. The molecular formula is C40H45N7O4. The van der Waals surface area contributed by atoms with Gasteiger partial charge in [-0.05, 0) is 77.5 Å². The first kappa shape index (κ1) is 32.3. The second-order valence-electron chi connectivity index (χ2n) is 15.3. The van der Waals surface area contributed by atoms with E-state index in [2.05, 4.69) is 82.7 Å². The number of imidazole rings is 2. The monoisotopic (exact) mass is 687 g/mol. The number of aromatic amines is 2. The molecule has 0 spiro atoms. The first-order valence-electron chi connectivity index (χ1n) is 18.5. The van der Waals surface area contributed by atoms with E-state index in [0.717, 1.165) is 76.4 Å². The Morgan fingerprint density at radius 3 is 2.08 bits per heavy atom. The standard InChI is InChI=1S/C40H45N7O4/c1-21-28-16-31(44-35(21)28)37-41-19-32(45-37)26-8-4-23(5-9-26)24-6-10-27(11-7-24)33-20-42-38(46-33)34-17-29-22(2)36(29)47(34)39(48)30(18-43-40(49)50-3)25-12-14-51-15-13-25/h4-11,18-22,25,28-31,34-36,44H,12-17H2,1-3H3,(H,41,45)(H,42,46)/b43-18-/t21-,22?,28+,29+,30?,31+,34+,35-,36-/m1/s1. The summed E-state index contributed by atoms with van der Waals surface area (Å²) in [6.45, 7) is 5.74. The number of rotatable bonds is 8. The summed E-state index contributed by atoms with van der Waals surface area (Å²) >= 11 is 0. The van der Waals surface area contributed by atoms with Gasteiger partial charge in [-0.2, -0.15) is 4.99 Å². The van der Waals surface area contributed by atoms with Crippen molar-refractivity contribution in [3.05, 3.63) is 72.6 Å². The SMILES string of the molecule is COC(=O)/N=C\C(C(=O)N1[C@@H]2C(C)[C@@H]2C[C@H]1c1ncc(-c2ccc(-c3ccc(-c4cnc([C@@H]5C[C@H]6[C@@H](C)[C@H]6N5)[nH]4)cc3)cc2)[nH]1)C1CCOCC1. The van der Waals surface area contributed by atoms with Crippen LogP contribution in [0.2, 0.25) is 0 Å². The Balaban J connectivity index is 0.890. The minimum Gasteiger partial charge on any atom is -0.451 e. The van der Waals surface area contributed by atoms with Gasteiger partial charge in [-0.3, -0.25) is 4.79 Å². The van der Waals surface area contributed by atoms with E-state index >= 15 is 0 Å². The van der Waals surface area contributed by atoms with E-state index in [1.807, 2.05) is 17.3 Å². The number of carbonyl (C=O) groups is 2. The maximum Gasteiger partial charge on any atom is 0.432 e. The van der Waals surface area contributed by atoms with Crippen LogP contribution in [0.15, 0.2) is 65.9 Å². The number of fused-ring (bicyclic) bond motifs is 2. The van der Waals surface area contributed by atoms with Crippen molar-refractivity contribution in [1.82, 2.24) is 30.2 Å². The van der Waals surface area contributed by atoms with Crippen LogP contribution >= 0.6 is 0 Å². The first-order valence-corrected chi connectivity index (χ1v) is 18.5. The Bertz CT molecular complexity index is 1930. The normalized spacial score (nSPS) is 30.3. The van der Waals surface area contributed by atoms with Gasteiger partial charge >= 0.3 is 6.09 Å². The van der Waals surface area contributed by atoms with Crippen LogP contribution in [0.25, 0.3) is 33.6 Å². The molecule has 11 nitrogen and oxygen atoms in total. The van der Waals surface area contributed by atoms with Gasteiger partial charge in [0.15, 0.2) is 0 Å². The molecular weight excluding hydrogens is 642 g/mol. The molecule has 2 aliphatic carbocycles. The molecule has 2 aromatic carbocycles. The molecule has 0 radical (unpaired) electrons. The number of likely N-dealkylation sites (tertiary alicyclic amines) is 1. The summed E-state index contributed by atoms with van der Waals surface area (Å²) in [7, 11) is 1.30. The lowest BCUT2D eigenvalue weighted by molar-refractivity contribution is -0.138. The number of amides is 2. The minimum atomic E-state index is -0.695. The molecule has 2 saturated carbocycles. The van der Waals surface area contributed by atoms with Crippen molar-refractivity contribution >= 4 is 18.2 Å². The van der Waals surface area contributed by atoms with Gasteiger partial charge in [-0.15, -0.1) is 0 Å². The fraction of sp³-hybridized carbons (Fsp3) is 0.475. The molecule has 9 atom stereocenters. The van der Waals surface area contributed by atoms with E-state index in [1.165, 1.54) is 19.7 Å². The van der Waals surface area contributed by atoms with Crippen LogP contribution in [0, 0.1) is 35.5 Å². The van der Waals surface area contributed by atoms with E-state index in [0.29, 0.717) is 37.1 Å². The molecule has 0 bridgehead atoms. The molecule has 5 fully saturated rings. The number of hydrogen-bond acceptors (Lipinski definition) is 7. The Kier molecular flexibility index (Phi) is 8.15. The van der Waals surface area contributed by atoms with Gasteiger partial charge in [-0.1, -0.05) is 62.4 Å². The molecule has 9 rings (SSSR count). The van der Waals surface area contributed by atoms with Crippen LogP contribution in [-0.2, 0) is 14.3 Å². The lowest BCUT2D eigenvalue weighted by atomic mass is 9.85. The summed E-state index contributed by atoms with van der Waals surface area (Å²) < 4.78 is 10.3. The molecule has 5 aliphatic rings. The van der Waals surface area contributed by atoms with Crippen molar-refractivity contribution in [3.8, 4) is 33.6 Å². The van der Waals surface area contributed by atoms with Crippen molar-refractivity contribution in [2.75, 3.05) is 20.3 Å². The van der Waals surface area contributed by atoms with Crippen LogP contribution in [0.4, 0.5) is 4.79 Å². The van der Waals surface area contributed by atoms with Gasteiger partial charge in [0.1, 0.15) is 11.6 Å². The molecule has 3 aliphatic heterocycles. The quantitative estimate of drug-likeness (QED) is 0.178. The number of carbonyl (C=O) groups excluding carboxylic acids is 2. The van der Waals surface area contributed by atoms with Crippen LogP contribution in [0.3, 0.4) is 0 Å². The van der Waals surface area contributed by atoms with Crippen LogP contribution < -0.4 is 5.32 Å². The van der Waals surface area contributed by atoms with E-state index < -0.39 is 12.0 Å². The Labute approximate surface area is 297 Å². The van der Waals surface area contributed by atoms with Gasteiger partial charge in [-0.25, -0.2) is 14.8 Å². The second kappa shape index (κ2) is 12.9. The smallest absolute Gasteiger partial charge is 0.432 e. The van der Waals surface area contributed by atoms with E-state index in [1.54, 1.807) is 0 Å². The molecule has 3 saturated heterocycles. The number of nitrogens with zero attached hydrogens (tertiary/aromatic N) is 4. The highest BCUT2D eigenvalue weighted by Gasteiger charge is 2.61. The van der Waals surface area contributed by atoms with E-state index in [4.69, 9.17) is 19.4 Å². The lowest BCUT2D eigenvalue weighted by Crippen LogP contribution is -2.43. The van der Waals surface area contributed by atoms with Crippen LogP contribution in [-0.4, -0.2) is 75.5 Å². The largest absolute Gasteiger partial charge is 0.451 e. The van der Waals surface area contributed by atoms with Crippen LogP contribution in [0.1, 0.15) is 63.3 Å². The van der Waals surface area contributed by atoms with Crippen molar-refractivity contribution in [1.29, 1.82) is 0 Å². The number of H-pyrrole nitrogens is 2. The number of methoxy groups -OCH3 is 1. The Hall–Kier alpha value is -4.61. The molecule has 5 heterocycles. The summed E-state index contributed by atoms with van der Waals surface area (Å²) in [4.78, 5) is 48.9. The van der Waals surface area contributed by atoms with Gasteiger partial charge in [0, 0.05) is 31.5 Å². The van der Waals surface area contributed by atoms with E-state index in [-0.39, 0.29) is 23.9 Å². The third-order valence-electron chi connectivity index (χ3n) is 12.5. The fourth-order valence-corrected chi connectivity index (χ4v) is 9.23. The molecule has 264 valence electrons. The lowest BCUT2D eigenvalue weighted by Gasteiger charge is -2.34. The zero-order valence-corrected chi connectivity index (χ0v) is 29.3. The highest BCUT2D eigenvalue weighted by atomic mass is 16.5. The molecule has 11 heteroatoms. The number of nitrogens with one attached hydrogen (secondary N) is 3. The maximum atomic E-state index is 14.3. The summed E-state index contributed by atoms with van der Waals surface area (Å²) in [6, 6.07) is 18.1. The third kappa shape index (κ3) is 5.90. The zero-order chi connectivity index (χ0) is 34.8. The van der Waals surface area contributed by atoms with E-state index in [9.17, 15) is 9.59 Å². The van der Waals surface area contributed by atoms with Gasteiger partial charge in [0.25, 0.3) is 0 Å². The first-order chi connectivity index (χ1) is 24.9. The average Bonchev–Trinajstić information content (AvgIpc) is 3.69. The molecule has 2 unspecified atom stereocenters. The van der Waals surface area contributed by atoms with Crippen molar-refractivity contribution in [2.24, 2.45) is 40.5 Å². The topological polar surface area (TPSA) is 138 Å². The predicted molar refractivity (Wildman–Crippen MR) is 193 cm³/mol. The number of aliphatic imine (C=N–C) groups is 1. The summed E-state index contributed by atoms with van der Waals surface area (Å²) in [5.41, 5.74) is 6.39. The minimum absolute atomic E-state index is 0.00879. The Morgan fingerprint density at radius 1 is 0.863 bits per heavy atom. The van der Waals surface area contributed by atoms with Gasteiger partial charge in [0.2, 0.25) is 5.91 Å². The number of benzene rings is 2. The molecule has 4 aromatic rings.